The molecule has 17 aromatic carbocycles. The van der Waals surface area contributed by atoms with E-state index >= 15 is 0 Å². The van der Waals surface area contributed by atoms with E-state index in [1.54, 1.807) is 33.4 Å². The molecule has 15 aliphatic carbocycles. The standard InChI is InChI=1S/C46H38N2.C46H39N.C40H35N/c1-3-11-34(12-4-1)47(36-20-22-45-41(28-36)40-16-8-10-18-44(40)48(45)35-13-5-2-6-14-35)37-19-21-39-38-15-7-9-17-42(38)46(43(39)29-37)32-24-30-23-31(26-32)27-33(46)25-30;1-4-12-33(13-5-1)35-20-23-45(42(29-35)34-14-6-2-7-15-34)47(38-16-8-3-9-17-38)39-21-22-41-40-18-10-11-19-43(40)46(44(41)30-39)36-25-31-24-32(27-36)28-37(46)26-31;1-3-10-29(11-4-1)30-12-9-15-34(25-30)41(33-13-5-2-6-14-33)35-18-19-37-36-16-7-8-17-38(36)40(39(37)26-35)31-21-27-20-28(23-31)24-32(40)22-27/h1-22,28-33H,23-27H2;1-23,29-32,36-37H,24-28H2;1-19,25-28,31-32H,20-24H2. The van der Waals surface area contributed by atoms with Gasteiger partial charge in [-0.1, -0.05) is 291 Å². The molecule has 33 rings (SSSR count). The maximum Gasteiger partial charge on any atom is 0.0542 e. The Bertz CT molecular complexity index is 7560. The molecule has 15 aliphatic rings. The van der Waals surface area contributed by atoms with E-state index in [1.807, 2.05) is 0 Å². The van der Waals surface area contributed by atoms with E-state index in [-0.39, 0.29) is 16.2 Å². The Morgan fingerprint density at radius 2 is 0.478 bits per heavy atom. The van der Waals surface area contributed by atoms with Gasteiger partial charge in [-0.3, -0.25) is 0 Å². The summed E-state index contributed by atoms with van der Waals surface area (Å²) in [6.07, 6.45) is 21.2. The van der Waals surface area contributed by atoms with Gasteiger partial charge in [-0.05, 0) is 395 Å². The molecule has 12 bridgehead atoms. The van der Waals surface area contributed by atoms with Gasteiger partial charge in [-0.2, -0.15) is 0 Å². The smallest absolute Gasteiger partial charge is 0.0542 e. The number of hydrogen-bond donors (Lipinski definition) is 0. The van der Waals surface area contributed by atoms with Crippen molar-refractivity contribution < 1.29 is 0 Å². The van der Waals surface area contributed by atoms with Gasteiger partial charge < -0.3 is 19.3 Å². The fraction of sp³-hybridized carbons (Fsp3) is 0.227. The van der Waals surface area contributed by atoms with Gasteiger partial charge in [-0.25, -0.2) is 0 Å². The summed E-state index contributed by atoms with van der Waals surface area (Å²) in [4.78, 5) is 7.49. The van der Waals surface area contributed by atoms with Gasteiger partial charge in [0.25, 0.3) is 0 Å². The molecule has 12 saturated carbocycles. The highest BCUT2D eigenvalue weighted by molar-refractivity contribution is 6.11. The third-order valence-electron chi connectivity index (χ3n) is 36.0. The first-order valence-electron chi connectivity index (χ1n) is 51.1. The van der Waals surface area contributed by atoms with Crippen molar-refractivity contribution in [3.05, 3.63) is 458 Å². The molecule has 4 nitrogen and oxygen atoms in total. The Morgan fingerprint density at radius 1 is 0.176 bits per heavy atom. The summed E-state index contributed by atoms with van der Waals surface area (Å²) in [6, 6.07) is 159. The van der Waals surface area contributed by atoms with E-state index in [4.69, 9.17) is 0 Å². The second kappa shape index (κ2) is 32.1. The number of aromatic nitrogens is 1. The summed E-state index contributed by atoms with van der Waals surface area (Å²) in [6.45, 7) is 0. The molecule has 3 spiro atoms. The van der Waals surface area contributed by atoms with E-state index in [0.717, 1.165) is 71.0 Å². The van der Waals surface area contributed by atoms with E-state index < -0.39 is 0 Å². The van der Waals surface area contributed by atoms with Crippen LogP contribution in [0.2, 0.25) is 0 Å². The van der Waals surface area contributed by atoms with Gasteiger partial charge in [-0.15, -0.1) is 0 Å². The van der Waals surface area contributed by atoms with Gasteiger partial charge >= 0.3 is 0 Å². The summed E-state index contributed by atoms with van der Waals surface area (Å²) in [5, 5.41) is 2.56. The SMILES string of the molecule is c1ccc(-c2ccc(N(c3ccccc3)c3ccc4c(c3)C3(c5ccccc5-4)C4CC5CC(C4)CC3C5)c(-c3ccccc3)c2)cc1.c1ccc(-c2cccc(N(c3ccccc3)c3ccc4c(c3)C3(c5ccccc5-4)C4CC5CC(C4)CC3C5)c2)cc1.c1ccc(N(c2ccc3c(c2)C2(c4ccccc4-3)C3CC4CC(C3)CC2C4)c2ccc3c(c2)c2ccccc2n3-c2ccccc2)cc1. The van der Waals surface area contributed by atoms with Gasteiger partial charge in [0.15, 0.2) is 0 Å². The van der Waals surface area contributed by atoms with Crippen molar-refractivity contribution >= 4 is 73.0 Å². The summed E-state index contributed by atoms with van der Waals surface area (Å²) in [7, 11) is 0. The molecule has 0 radical (unpaired) electrons. The molecule has 1 heterocycles. The highest BCUT2D eigenvalue weighted by Crippen LogP contribution is 2.74. The third-order valence-corrected chi connectivity index (χ3v) is 36.0. The molecule has 4 heteroatoms. The van der Waals surface area contributed by atoms with Crippen LogP contribution in [-0.2, 0) is 16.2 Å². The van der Waals surface area contributed by atoms with Crippen LogP contribution in [0.25, 0.3) is 94.3 Å². The first kappa shape index (κ1) is 80.4. The van der Waals surface area contributed by atoms with Crippen molar-refractivity contribution in [1.82, 2.24) is 4.57 Å². The Morgan fingerprint density at radius 3 is 0.904 bits per heavy atom. The number of hydrogen-bond acceptors (Lipinski definition) is 3. The number of rotatable bonds is 13. The van der Waals surface area contributed by atoms with Gasteiger partial charge in [0.1, 0.15) is 0 Å². The van der Waals surface area contributed by atoms with Crippen molar-refractivity contribution in [1.29, 1.82) is 0 Å². The molecule has 0 aliphatic heterocycles. The summed E-state index contributed by atoms with van der Waals surface area (Å²) >= 11 is 0. The summed E-state index contributed by atoms with van der Waals surface area (Å²) in [5.41, 5.74) is 41.0. The minimum atomic E-state index is 0.136. The quantitative estimate of drug-likeness (QED) is 0.114. The largest absolute Gasteiger partial charge is 0.310 e. The van der Waals surface area contributed by atoms with Crippen molar-refractivity contribution in [2.45, 2.75) is 113 Å². The van der Waals surface area contributed by atoms with Gasteiger partial charge in [0, 0.05) is 83.8 Å². The lowest BCUT2D eigenvalue weighted by Gasteiger charge is -2.61. The van der Waals surface area contributed by atoms with E-state index in [0.29, 0.717) is 0 Å². The highest BCUT2D eigenvalue weighted by atomic mass is 15.2. The van der Waals surface area contributed by atoms with E-state index in [9.17, 15) is 0 Å². The topological polar surface area (TPSA) is 14.7 Å². The lowest BCUT2D eigenvalue weighted by molar-refractivity contribution is -0.0399. The average molecular weight is 1750 g/mol. The van der Waals surface area contributed by atoms with Crippen molar-refractivity contribution in [3.8, 4) is 72.4 Å². The van der Waals surface area contributed by atoms with Crippen molar-refractivity contribution in [2.75, 3.05) is 14.7 Å². The van der Waals surface area contributed by atoms with Crippen LogP contribution in [0, 0.1) is 71.0 Å². The van der Waals surface area contributed by atoms with Gasteiger partial charge in [0.2, 0.25) is 0 Å². The fourth-order valence-corrected chi connectivity index (χ4v) is 31.7. The molecule has 1 aromatic heterocycles. The van der Waals surface area contributed by atoms with Crippen molar-refractivity contribution in [3.63, 3.8) is 0 Å². The van der Waals surface area contributed by atoms with Crippen LogP contribution in [-0.4, -0.2) is 4.57 Å². The van der Waals surface area contributed by atoms with E-state index in [1.165, 1.54) is 242 Å². The molecule has 18 aromatic rings. The molecular formula is C132H112N4. The first-order chi connectivity index (χ1) is 67.3. The number of fused-ring (bicyclic) bond motifs is 12. The third kappa shape index (κ3) is 12.5. The summed E-state index contributed by atoms with van der Waals surface area (Å²) in [5.74, 6) is 10.1. The van der Waals surface area contributed by atoms with E-state index in [2.05, 4.69) is 444 Å². The molecule has 0 atom stereocenters. The maximum absolute atomic E-state index is 2.62. The van der Waals surface area contributed by atoms with Crippen LogP contribution < -0.4 is 14.7 Å². The van der Waals surface area contributed by atoms with Crippen LogP contribution in [0.1, 0.15) is 130 Å². The number of benzene rings is 17. The molecular weight excluding hydrogens is 1640 g/mol. The second-order valence-electron chi connectivity index (χ2n) is 42.6. The number of nitrogens with zero attached hydrogens (tertiary/aromatic N) is 4. The molecule has 660 valence electrons. The maximum atomic E-state index is 2.62. The van der Waals surface area contributed by atoms with Crippen LogP contribution in [0.3, 0.4) is 0 Å². The zero-order chi connectivity index (χ0) is 89.3. The minimum Gasteiger partial charge on any atom is -0.310 e. The van der Waals surface area contributed by atoms with Crippen LogP contribution in [0.5, 0.6) is 0 Å². The zero-order valence-corrected chi connectivity index (χ0v) is 77.2. The zero-order valence-electron chi connectivity index (χ0n) is 77.2. The second-order valence-corrected chi connectivity index (χ2v) is 42.6. The monoisotopic (exact) mass is 1750 g/mol. The Balaban J connectivity index is 0.000000101. The number of anilines is 9. The molecule has 0 amide bonds. The predicted octanol–water partition coefficient (Wildman–Crippen LogP) is 34.7. The first-order valence-corrected chi connectivity index (χ1v) is 51.1. The minimum absolute atomic E-state index is 0.136. The normalized spacial score (nSPS) is 25.3. The predicted molar refractivity (Wildman–Crippen MR) is 564 cm³/mol. The molecule has 12 fully saturated rings. The average Bonchev–Trinajstić information content (AvgIpc) is 1.51. The van der Waals surface area contributed by atoms with Crippen LogP contribution in [0.4, 0.5) is 51.2 Å². The Kier molecular flexibility index (Phi) is 19.0. The fourth-order valence-electron chi connectivity index (χ4n) is 31.7. The lowest BCUT2D eigenvalue weighted by atomic mass is 9.43. The molecule has 0 saturated heterocycles. The number of para-hydroxylation sites is 5. The Hall–Kier alpha value is -14.1. The molecule has 0 unspecified atom stereocenters. The van der Waals surface area contributed by atoms with Gasteiger partial charge in [0.05, 0.1) is 16.7 Å². The Labute approximate surface area is 800 Å². The van der Waals surface area contributed by atoms with Crippen LogP contribution in [0.15, 0.2) is 425 Å². The van der Waals surface area contributed by atoms with Crippen molar-refractivity contribution in [2.24, 2.45) is 71.0 Å². The van der Waals surface area contributed by atoms with Crippen LogP contribution >= 0.6 is 0 Å². The molecule has 0 N–H and O–H groups in total. The highest BCUT2D eigenvalue weighted by Gasteiger charge is 2.65. The molecule has 136 heavy (non-hydrogen) atoms. The lowest BCUT2D eigenvalue weighted by Crippen LogP contribution is -2.55. The summed E-state index contributed by atoms with van der Waals surface area (Å²) < 4.78 is 2.41.